The topological polar surface area (TPSA) is 97.7 Å². The van der Waals surface area contributed by atoms with Crippen LogP contribution in [-0.2, 0) is 20.9 Å². The van der Waals surface area contributed by atoms with Gasteiger partial charge in [-0.25, -0.2) is 9.18 Å². The highest BCUT2D eigenvalue weighted by molar-refractivity contribution is 8.18. The van der Waals surface area contributed by atoms with Gasteiger partial charge in [-0.15, -0.1) is 0 Å². The molecule has 0 aliphatic carbocycles. The Morgan fingerprint density at radius 1 is 1.07 bits per heavy atom. The first-order chi connectivity index (χ1) is 19.7. The van der Waals surface area contributed by atoms with E-state index in [0.717, 1.165) is 27.6 Å². The van der Waals surface area contributed by atoms with E-state index in [9.17, 15) is 23.6 Å². The van der Waals surface area contributed by atoms with E-state index in [-0.39, 0.29) is 40.1 Å². The van der Waals surface area contributed by atoms with Crippen LogP contribution in [0.1, 0.15) is 28.4 Å². The van der Waals surface area contributed by atoms with Gasteiger partial charge in [0.25, 0.3) is 11.1 Å². The van der Waals surface area contributed by atoms with Crippen molar-refractivity contribution in [2.24, 2.45) is 0 Å². The largest absolute Gasteiger partial charge is 0.462 e. The van der Waals surface area contributed by atoms with E-state index in [4.69, 9.17) is 16.3 Å². The van der Waals surface area contributed by atoms with Gasteiger partial charge < -0.3 is 14.6 Å². The third-order valence-electron chi connectivity index (χ3n) is 6.33. The fourth-order valence-electron chi connectivity index (χ4n) is 4.42. The number of imide groups is 1. The summed E-state index contributed by atoms with van der Waals surface area (Å²) in [6.07, 6.45) is 3.41. The second-order valence-corrected chi connectivity index (χ2v) is 10.5. The Hall–Kier alpha value is -4.41. The maximum Gasteiger partial charge on any atom is 0.339 e. The predicted octanol–water partition coefficient (Wildman–Crippen LogP) is 6.33. The Labute approximate surface area is 243 Å². The number of anilines is 1. The summed E-state index contributed by atoms with van der Waals surface area (Å²) in [7, 11) is 0. The van der Waals surface area contributed by atoms with Crippen LogP contribution in [0, 0.1) is 5.82 Å². The molecule has 0 radical (unpaired) electrons. The number of carbonyl (C=O) groups is 4. The molecule has 2 heterocycles. The molecule has 1 aromatic heterocycles. The summed E-state index contributed by atoms with van der Waals surface area (Å²) in [4.78, 5) is 51.7. The SMILES string of the molecule is CCOC(=O)c1cc(NC(=O)CN2C(=O)S/C(=C\c3cn(Cc4ccccc4F)c4ccccc34)C2=O)ccc1Cl. The zero-order chi connectivity index (χ0) is 29.1. The highest BCUT2D eigenvalue weighted by Gasteiger charge is 2.36. The van der Waals surface area contributed by atoms with Crippen LogP contribution in [-0.4, -0.2) is 45.6 Å². The minimum atomic E-state index is -0.639. The van der Waals surface area contributed by atoms with Gasteiger partial charge >= 0.3 is 5.97 Å². The molecule has 0 atom stereocenters. The van der Waals surface area contributed by atoms with E-state index in [1.807, 2.05) is 28.8 Å². The van der Waals surface area contributed by atoms with E-state index >= 15 is 0 Å². The number of rotatable bonds is 8. The molecule has 4 aromatic rings. The molecule has 208 valence electrons. The van der Waals surface area contributed by atoms with Crippen molar-refractivity contribution in [3.05, 3.63) is 105 Å². The summed E-state index contributed by atoms with van der Waals surface area (Å²) >= 11 is 6.80. The zero-order valence-electron chi connectivity index (χ0n) is 21.7. The van der Waals surface area contributed by atoms with Crippen LogP contribution in [0.2, 0.25) is 5.02 Å². The normalized spacial score (nSPS) is 14.2. The van der Waals surface area contributed by atoms with Gasteiger partial charge in [0, 0.05) is 33.9 Å². The molecule has 8 nitrogen and oxygen atoms in total. The van der Waals surface area contributed by atoms with E-state index < -0.39 is 29.6 Å². The number of aromatic nitrogens is 1. The molecule has 1 aliphatic rings. The van der Waals surface area contributed by atoms with Crippen molar-refractivity contribution in [2.75, 3.05) is 18.5 Å². The van der Waals surface area contributed by atoms with Gasteiger partial charge in [-0.1, -0.05) is 48.0 Å². The van der Waals surface area contributed by atoms with Gasteiger partial charge in [-0.05, 0) is 55.1 Å². The van der Waals surface area contributed by atoms with Crippen LogP contribution in [0.3, 0.4) is 0 Å². The molecular weight excluding hydrogens is 569 g/mol. The maximum atomic E-state index is 14.3. The number of amides is 3. The van der Waals surface area contributed by atoms with Gasteiger partial charge in [0.1, 0.15) is 12.4 Å². The number of hydrogen-bond donors (Lipinski definition) is 1. The summed E-state index contributed by atoms with van der Waals surface area (Å²) < 4.78 is 21.2. The summed E-state index contributed by atoms with van der Waals surface area (Å²) in [5.41, 5.74) is 2.37. The lowest BCUT2D eigenvalue weighted by Gasteiger charge is -2.13. The number of nitrogens with one attached hydrogen (secondary N) is 1. The van der Waals surface area contributed by atoms with Gasteiger partial charge in [0.15, 0.2) is 0 Å². The standard InChI is InChI=1S/C30H23ClFN3O5S/c1-2-40-29(38)22-14-20(11-12-23(22)31)33-27(36)17-35-28(37)26(41-30(35)39)13-19-16-34(25-10-6-4-8-21(19)25)15-18-7-3-5-9-24(18)32/h3-14,16H,2,15,17H2,1H3,(H,33,36)/b26-13-. The van der Waals surface area contributed by atoms with Crippen molar-refractivity contribution in [3.63, 3.8) is 0 Å². The van der Waals surface area contributed by atoms with E-state index in [0.29, 0.717) is 11.1 Å². The van der Waals surface area contributed by atoms with Crippen LogP contribution in [0.4, 0.5) is 14.9 Å². The molecule has 1 N–H and O–H groups in total. The number of ether oxygens (including phenoxy) is 1. The third kappa shape index (κ3) is 6.03. The van der Waals surface area contributed by atoms with Crippen molar-refractivity contribution in [2.45, 2.75) is 13.5 Å². The predicted molar refractivity (Wildman–Crippen MR) is 156 cm³/mol. The van der Waals surface area contributed by atoms with Crippen molar-refractivity contribution in [1.82, 2.24) is 9.47 Å². The Balaban J connectivity index is 1.34. The minimum Gasteiger partial charge on any atom is -0.462 e. The summed E-state index contributed by atoms with van der Waals surface area (Å²) in [5.74, 6) is -2.20. The second kappa shape index (κ2) is 12.0. The summed E-state index contributed by atoms with van der Waals surface area (Å²) in [5, 5.41) is 2.98. The number of thioether (sulfide) groups is 1. The number of benzene rings is 3. The Morgan fingerprint density at radius 2 is 1.83 bits per heavy atom. The van der Waals surface area contributed by atoms with Gasteiger partial charge in [0.2, 0.25) is 5.91 Å². The number of nitrogens with zero attached hydrogens (tertiary/aromatic N) is 2. The monoisotopic (exact) mass is 591 g/mol. The van der Waals surface area contributed by atoms with Gasteiger partial charge in [-0.2, -0.15) is 0 Å². The number of fused-ring (bicyclic) bond motifs is 1. The van der Waals surface area contributed by atoms with Crippen LogP contribution in [0.25, 0.3) is 17.0 Å². The van der Waals surface area contributed by atoms with Crippen LogP contribution in [0.15, 0.2) is 77.8 Å². The summed E-state index contributed by atoms with van der Waals surface area (Å²) in [6, 6.07) is 18.3. The average molecular weight is 592 g/mol. The molecule has 0 unspecified atom stereocenters. The average Bonchev–Trinajstić information content (AvgIpc) is 3.42. The molecule has 3 aromatic carbocycles. The molecule has 1 fully saturated rings. The Morgan fingerprint density at radius 3 is 2.61 bits per heavy atom. The van der Waals surface area contributed by atoms with Gasteiger partial charge in [0.05, 0.1) is 28.6 Å². The van der Waals surface area contributed by atoms with E-state index in [2.05, 4.69) is 5.32 Å². The number of hydrogen-bond acceptors (Lipinski definition) is 6. The molecule has 3 amide bonds. The lowest BCUT2D eigenvalue weighted by molar-refractivity contribution is -0.127. The number of esters is 1. The fourth-order valence-corrected chi connectivity index (χ4v) is 5.44. The van der Waals surface area contributed by atoms with Crippen LogP contribution >= 0.6 is 23.4 Å². The van der Waals surface area contributed by atoms with Crippen molar-refractivity contribution >= 4 is 69.1 Å². The Bertz CT molecular complexity index is 1730. The smallest absolute Gasteiger partial charge is 0.339 e. The molecular formula is C30H23ClFN3O5S. The summed E-state index contributed by atoms with van der Waals surface area (Å²) in [6.45, 7) is 1.58. The number of para-hydroxylation sites is 1. The molecule has 0 saturated carbocycles. The zero-order valence-corrected chi connectivity index (χ0v) is 23.3. The molecule has 11 heteroatoms. The molecule has 1 saturated heterocycles. The Kier molecular flexibility index (Phi) is 8.23. The molecule has 0 bridgehead atoms. The molecule has 0 spiro atoms. The molecule has 1 aliphatic heterocycles. The van der Waals surface area contributed by atoms with E-state index in [1.165, 1.54) is 24.3 Å². The lowest BCUT2D eigenvalue weighted by Crippen LogP contribution is -2.36. The first-order valence-electron chi connectivity index (χ1n) is 12.6. The molecule has 5 rings (SSSR count). The minimum absolute atomic E-state index is 0.0783. The van der Waals surface area contributed by atoms with Crippen molar-refractivity contribution in [1.29, 1.82) is 0 Å². The maximum absolute atomic E-state index is 14.3. The van der Waals surface area contributed by atoms with Crippen molar-refractivity contribution < 1.29 is 28.3 Å². The van der Waals surface area contributed by atoms with Crippen molar-refractivity contribution in [3.8, 4) is 0 Å². The fraction of sp³-hybridized carbons (Fsp3) is 0.133. The van der Waals surface area contributed by atoms with Crippen LogP contribution < -0.4 is 5.32 Å². The molecule has 41 heavy (non-hydrogen) atoms. The quantitative estimate of drug-likeness (QED) is 0.190. The highest BCUT2D eigenvalue weighted by Crippen LogP contribution is 2.34. The number of carbonyl (C=O) groups excluding carboxylic acids is 4. The number of halogens is 2. The first kappa shape index (κ1) is 28.1. The first-order valence-corrected chi connectivity index (χ1v) is 13.8. The lowest BCUT2D eigenvalue weighted by atomic mass is 10.1. The third-order valence-corrected chi connectivity index (χ3v) is 7.56. The van der Waals surface area contributed by atoms with Crippen LogP contribution in [0.5, 0.6) is 0 Å². The highest BCUT2D eigenvalue weighted by atomic mass is 35.5. The second-order valence-electron chi connectivity index (χ2n) is 9.05. The van der Waals surface area contributed by atoms with Gasteiger partial charge in [-0.3, -0.25) is 19.3 Å². The van der Waals surface area contributed by atoms with E-state index in [1.54, 1.807) is 37.4 Å².